The summed E-state index contributed by atoms with van der Waals surface area (Å²) < 4.78 is 0. The van der Waals surface area contributed by atoms with Gasteiger partial charge in [-0.15, -0.1) is 0 Å². The molecule has 0 amide bonds. The molecule has 0 unspecified atom stereocenters. The van der Waals surface area contributed by atoms with Crippen molar-refractivity contribution in [3.8, 4) is 11.5 Å². The number of hydrogen-bond donors (Lipinski definition) is 2. The first-order valence-corrected chi connectivity index (χ1v) is 4.15. The van der Waals surface area contributed by atoms with Crippen LogP contribution in [0.5, 0.6) is 11.5 Å². The van der Waals surface area contributed by atoms with Crippen molar-refractivity contribution in [2.24, 2.45) is 0 Å². The number of rotatable bonds is 0. The predicted octanol–water partition coefficient (Wildman–Crippen LogP) is 3.37. The second kappa shape index (κ2) is 3.21. The Morgan fingerprint density at radius 1 is 0.833 bits per heavy atom. The van der Waals surface area contributed by atoms with Crippen LogP contribution in [0.4, 0.5) is 0 Å². The average Bonchev–Trinajstić information content (AvgIpc) is 2.08. The Morgan fingerprint density at radius 3 is 1.75 bits per heavy atom. The van der Waals surface area contributed by atoms with Crippen molar-refractivity contribution in [3.63, 3.8) is 0 Å². The molecule has 5 heteroatoms. The lowest BCUT2D eigenvalue weighted by Crippen LogP contribution is -1.82. The van der Waals surface area contributed by atoms with Gasteiger partial charge in [-0.05, 0) is 12.5 Å². The van der Waals surface area contributed by atoms with Gasteiger partial charge in [0.1, 0.15) is 5.02 Å². The maximum Gasteiger partial charge on any atom is 0.179 e. The van der Waals surface area contributed by atoms with Crippen molar-refractivity contribution >= 4 is 34.8 Å². The molecule has 1 aromatic carbocycles. The third-order valence-electron chi connectivity index (χ3n) is 1.49. The van der Waals surface area contributed by atoms with Crippen LogP contribution < -0.4 is 0 Å². The molecule has 0 spiro atoms. The number of phenols is 2. The van der Waals surface area contributed by atoms with Gasteiger partial charge in [0.15, 0.2) is 11.5 Å². The van der Waals surface area contributed by atoms with Crippen molar-refractivity contribution < 1.29 is 10.2 Å². The van der Waals surface area contributed by atoms with E-state index in [2.05, 4.69) is 0 Å². The van der Waals surface area contributed by atoms with Gasteiger partial charge in [-0.25, -0.2) is 0 Å². The van der Waals surface area contributed by atoms with Crippen LogP contribution in [-0.4, -0.2) is 10.2 Å². The molecule has 12 heavy (non-hydrogen) atoms. The van der Waals surface area contributed by atoms with Gasteiger partial charge in [0.25, 0.3) is 0 Å². The molecule has 0 saturated carbocycles. The van der Waals surface area contributed by atoms with Gasteiger partial charge in [-0.3, -0.25) is 0 Å². The molecular formula is C7H5Cl3O2. The predicted molar refractivity (Wildman–Crippen MR) is 49.5 cm³/mol. The van der Waals surface area contributed by atoms with Gasteiger partial charge in [0.05, 0.1) is 10.0 Å². The largest absolute Gasteiger partial charge is 0.503 e. The van der Waals surface area contributed by atoms with E-state index in [-0.39, 0.29) is 15.1 Å². The zero-order valence-electron chi connectivity index (χ0n) is 6.03. The first kappa shape index (κ1) is 9.78. The van der Waals surface area contributed by atoms with E-state index in [1.165, 1.54) is 0 Å². The molecule has 1 aromatic rings. The van der Waals surface area contributed by atoms with Crippen LogP contribution in [0.3, 0.4) is 0 Å². The third-order valence-corrected chi connectivity index (χ3v) is 2.89. The van der Waals surface area contributed by atoms with E-state index in [4.69, 9.17) is 45.0 Å². The third kappa shape index (κ3) is 1.30. The van der Waals surface area contributed by atoms with Crippen LogP contribution in [-0.2, 0) is 0 Å². The highest BCUT2D eigenvalue weighted by molar-refractivity contribution is 6.45. The molecule has 0 radical (unpaired) electrons. The molecule has 0 bridgehead atoms. The molecule has 0 aliphatic heterocycles. The van der Waals surface area contributed by atoms with Crippen LogP contribution in [0.1, 0.15) is 5.56 Å². The summed E-state index contributed by atoms with van der Waals surface area (Å²) in [7, 11) is 0. The minimum atomic E-state index is -0.489. The van der Waals surface area contributed by atoms with E-state index < -0.39 is 11.5 Å². The fourth-order valence-corrected chi connectivity index (χ4v) is 1.40. The van der Waals surface area contributed by atoms with Crippen molar-refractivity contribution in [2.75, 3.05) is 0 Å². The van der Waals surface area contributed by atoms with E-state index in [0.717, 1.165) is 0 Å². The average molecular weight is 227 g/mol. The lowest BCUT2D eigenvalue weighted by atomic mass is 10.2. The molecule has 0 saturated heterocycles. The highest BCUT2D eigenvalue weighted by Crippen LogP contribution is 2.45. The lowest BCUT2D eigenvalue weighted by Gasteiger charge is -2.07. The molecule has 1 rings (SSSR count). The summed E-state index contributed by atoms with van der Waals surface area (Å²) in [5, 5.41) is 18.4. The minimum absolute atomic E-state index is 0.0156. The number of aromatic hydroxyl groups is 2. The van der Waals surface area contributed by atoms with Gasteiger partial charge in [-0.2, -0.15) is 0 Å². The highest BCUT2D eigenvalue weighted by atomic mass is 35.5. The Bertz CT molecular complexity index is 231. The molecule has 66 valence electrons. The van der Waals surface area contributed by atoms with Crippen molar-refractivity contribution in [1.82, 2.24) is 0 Å². The second-order valence-electron chi connectivity index (χ2n) is 2.26. The van der Waals surface area contributed by atoms with Gasteiger partial charge in [0, 0.05) is 0 Å². The maximum absolute atomic E-state index is 9.17. The van der Waals surface area contributed by atoms with Gasteiger partial charge in [0.2, 0.25) is 0 Å². The molecule has 0 fully saturated rings. The van der Waals surface area contributed by atoms with Crippen LogP contribution in [0, 0.1) is 6.92 Å². The topological polar surface area (TPSA) is 40.5 Å². The first-order valence-electron chi connectivity index (χ1n) is 3.01. The fourth-order valence-electron chi connectivity index (χ4n) is 0.750. The summed E-state index contributed by atoms with van der Waals surface area (Å²) in [6.07, 6.45) is 0. The van der Waals surface area contributed by atoms with Crippen LogP contribution in [0.25, 0.3) is 0 Å². The number of halogens is 3. The molecule has 2 N–H and O–H groups in total. The van der Waals surface area contributed by atoms with E-state index >= 15 is 0 Å². The maximum atomic E-state index is 9.17. The Morgan fingerprint density at radius 2 is 1.25 bits per heavy atom. The zero-order valence-corrected chi connectivity index (χ0v) is 8.30. The summed E-state index contributed by atoms with van der Waals surface area (Å²) in [5.41, 5.74) is 0.443. The smallest absolute Gasteiger partial charge is 0.179 e. The lowest BCUT2D eigenvalue weighted by molar-refractivity contribution is 0.404. The fraction of sp³-hybridized carbons (Fsp3) is 0.143. The van der Waals surface area contributed by atoms with Crippen molar-refractivity contribution in [1.29, 1.82) is 0 Å². The van der Waals surface area contributed by atoms with Crippen LogP contribution >= 0.6 is 34.8 Å². The second-order valence-corrected chi connectivity index (χ2v) is 3.40. The monoisotopic (exact) mass is 226 g/mol. The Balaban J connectivity index is 3.60. The molecular weight excluding hydrogens is 222 g/mol. The number of benzene rings is 1. The van der Waals surface area contributed by atoms with Crippen molar-refractivity contribution in [2.45, 2.75) is 6.92 Å². The van der Waals surface area contributed by atoms with Crippen molar-refractivity contribution in [3.05, 3.63) is 20.6 Å². The molecule has 2 nitrogen and oxygen atoms in total. The minimum Gasteiger partial charge on any atom is -0.503 e. The number of hydrogen-bond acceptors (Lipinski definition) is 2. The Kier molecular flexibility index (Phi) is 2.61. The zero-order chi connectivity index (χ0) is 9.46. The summed E-state index contributed by atoms with van der Waals surface area (Å²) in [5.74, 6) is -0.930. The summed E-state index contributed by atoms with van der Waals surface area (Å²) in [6, 6.07) is 0. The summed E-state index contributed by atoms with van der Waals surface area (Å²) >= 11 is 16.8. The van der Waals surface area contributed by atoms with Crippen LogP contribution in [0.2, 0.25) is 15.1 Å². The van der Waals surface area contributed by atoms with Crippen LogP contribution in [0.15, 0.2) is 0 Å². The van der Waals surface area contributed by atoms with E-state index in [1.54, 1.807) is 6.92 Å². The Labute approximate surface area is 84.3 Å². The van der Waals surface area contributed by atoms with Gasteiger partial charge < -0.3 is 10.2 Å². The molecule has 0 aliphatic rings. The highest BCUT2D eigenvalue weighted by Gasteiger charge is 2.17. The quantitative estimate of drug-likeness (QED) is 0.527. The molecule has 0 aliphatic carbocycles. The Hall–Kier alpha value is -0.310. The number of phenolic OH excluding ortho intramolecular Hbond substituents is 2. The SMILES string of the molecule is Cc1c(Cl)c(O)c(O)c(Cl)c1Cl. The molecule has 0 aromatic heterocycles. The van der Waals surface area contributed by atoms with E-state index in [9.17, 15) is 0 Å². The summed E-state index contributed by atoms with van der Waals surface area (Å²) in [4.78, 5) is 0. The standard InChI is InChI=1S/C7H5Cl3O2/c1-2-3(8)5(10)7(12)6(11)4(2)9/h11-12H,1H3. The van der Waals surface area contributed by atoms with Gasteiger partial charge in [-0.1, -0.05) is 34.8 Å². The van der Waals surface area contributed by atoms with E-state index in [1.807, 2.05) is 0 Å². The molecule has 0 atom stereocenters. The van der Waals surface area contributed by atoms with E-state index in [0.29, 0.717) is 5.56 Å². The molecule has 0 heterocycles. The first-order chi connectivity index (χ1) is 5.46. The normalized spacial score (nSPS) is 10.3. The van der Waals surface area contributed by atoms with Gasteiger partial charge >= 0.3 is 0 Å². The summed E-state index contributed by atoms with van der Waals surface area (Å²) in [6.45, 7) is 1.59.